The second kappa shape index (κ2) is 10.7. The molecule has 1 amide bonds. The van der Waals surface area contributed by atoms with Crippen LogP contribution in [0.25, 0.3) is 22.1 Å². The molecule has 5 rings (SSSR count). The maximum absolute atomic E-state index is 12.9. The van der Waals surface area contributed by atoms with Gasteiger partial charge in [-0.2, -0.15) is 13.2 Å². The number of alkyl halides is 3. The Balaban J connectivity index is 1.24. The van der Waals surface area contributed by atoms with Gasteiger partial charge in [0, 0.05) is 11.8 Å². The van der Waals surface area contributed by atoms with Crippen molar-refractivity contribution in [2.24, 2.45) is 0 Å². The monoisotopic (exact) mass is 531 g/mol. The van der Waals surface area contributed by atoms with Crippen molar-refractivity contribution in [1.29, 1.82) is 0 Å². The Morgan fingerprint density at radius 2 is 1.54 bits per heavy atom. The third kappa shape index (κ3) is 6.10. The molecule has 1 N–H and O–H groups in total. The molecule has 0 bridgehead atoms. The zero-order valence-corrected chi connectivity index (χ0v) is 20.2. The van der Waals surface area contributed by atoms with Crippen LogP contribution in [0.2, 0.25) is 0 Å². The van der Waals surface area contributed by atoms with E-state index in [2.05, 4.69) is 5.32 Å². The molecule has 6 nitrogen and oxygen atoms in total. The van der Waals surface area contributed by atoms with E-state index in [0.717, 1.165) is 23.3 Å². The van der Waals surface area contributed by atoms with E-state index in [0.29, 0.717) is 5.75 Å². The minimum Gasteiger partial charge on any atom is -0.484 e. The minimum absolute atomic E-state index is 0.00379. The Kier molecular flexibility index (Phi) is 7.05. The van der Waals surface area contributed by atoms with Gasteiger partial charge in [-0.25, -0.2) is 0 Å². The average Bonchev–Trinajstić information content (AvgIpc) is 2.94. The van der Waals surface area contributed by atoms with Crippen LogP contribution in [0.15, 0.2) is 113 Å². The molecular formula is C30H20F3NO5. The summed E-state index contributed by atoms with van der Waals surface area (Å²) < 4.78 is 55.3. The summed E-state index contributed by atoms with van der Waals surface area (Å²) in [5.74, 6) is 0.0464. The summed E-state index contributed by atoms with van der Waals surface area (Å²) >= 11 is 0. The van der Waals surface area contributed by atoms with E-state index in [4.69, 9.17) is 13.9 Å². The normalized spacial score (nSPS) is 11.3. The zero-order chi connectivity index (χ0) is 27.4. The summed E-state index contributed by atoms with van der Waals surface area (Å²) in [6, 6.07) is 25.8. The second-order valence-corrected chi connectivity index (χ2v) is 8.49. The van der Waals surface area contributed by atoms with E-state index in [1.54, 1.807) is 12.1 Å². The topological polar surface area (TPSA) is 77.8 Å². The van der Waals surface area contributed by atoms with Gasteiger partial charge in [0.25, 0.3) is 5.91 Å². The first-order valence-electron chi connectivity index (χ1n) is 11.7. The number of fused-ring (bicyclic) bond motifs is 1. The molecule has 0 aliphatic rings. The standard InChI is InChI=1S/C30H20F3NO5/c31-30(32,33)21-7-4-8-22(15-21)34-28(35)18-37-24-13-14-25-26(16-24)38-17-27(29(25)36)39-23-11-9-20(10-12-23)19-5-2-1-3-6-19/h1-17H,18H2,(H,34,35). The third-order valence-corrected chi connectivity index (χ3v) is 5.75. The number of halogens is 3. The van der Waals surface area contributed by atoms with Crippen LogP contribution in [0, 0.1) is 0 Å². The zero-order valence-electron chi connectivity index (χ0n) is 20.2. The lowest BCUT2D eigenvalue weighted by molar-refractivity contribution is -0.137. The molecule has 0 radical (unpaired) electrons. The van der Waals surface area contributed by atoms with Crippen LogP contribution in [0.1, 0.15) is 5.56 Å². The number of anilines is 1. The first-order chi connectivity index (χ1) is 18.8. The molecule has 0 atom stereocenters. The van der Waals surface area contributed by atoms with Crippen molar-refractivity contribution in [3.8, 4) is 28.4 Å². The largest absolute Gasteiger partial charge is 0.484 e. The minimum atomic E-state index is -4.52. The van der Waals surface area contributed by atoms with Crippen LogP contribution in [0.5, 0.6) is 17.2 Å². The van der Waals surface area contributed by atoms with Crippen molar-refractivity contribution >= 4 is 22.6 Å². The average molecular weight is 531 g/mol. The van der Waals surface area contributed by atoms with Crippen molar-refractivity contribution < 1.29 is 31.9 Å². The summed E-state index contributed by atoms with van der Waals surface area (Å²) in [6.07, 6.45) is -3.33. The smallest absolute Gasteiger partial charge is 0.416 e. The van der Waals surface area contributed by atoms with Crippen molar-refractivity contribution in [2.75, 3.05) is 11.9 Å². The maximum atomic E-state index is 12.9. The van der Waals surface area contributed by atoms with E-state index in [1.807, 2.05) is 42.5 Å². The number of benzene rings is 4. The molecule has 0 aliphatic heterocycles. The number of carbonyl (C=O) groups is 1. The number of carbonyl (C=O) groups excluding carboxylic acids is 1. The van der Waals surface area contributed by atoms with Gasteiger partial charge in [-0.05, 0) is 53.6 Å². The number of hydrogen-bond acceptors (Lipinski definition) is 5. The van der Waals surface area contributed by atoms with Crippen molar-refractivity contribution in [3.05, 3.63) is 119 Å². The molecule has 0 spiro atoms. The molecule has 4 aromatic carbocycles. The predicted molar refractivity (Wildman–Crippen MR) is 140 cm³/mol. The third-order valence-electron chi connectivity index (χ3n) is 5.75. The van der Waals surface area contributed by atoms with Gasteiger partial charge in [0.15, 0.2) is 6.61 Å². The van der Waals surface area contributed by atoms with Crippen LogP contribution < -0.4 is 20.2 Å². The van der Waals surface area contributed by atoms with E-state index in [9.17, 15) is 22.8 Å². The Morgan fingerprint density at radius 3 is 2.28 bits per heavy atom. The maximum Gasteiger partial charge on any atom is 0.416 e. The highest BCUT2D eigenvalue weighted by Gasteiger charge is 2.30. The van der Waals surface area contributed by atoms with Crippen molar-refractivity contribution in [2.45, 2.75) is 6.18 Å². The summed E-state index contributed by atoms with van der Waals surface area (Å²) in [4.78, 5) is 25.1. The van der Waals surface area contributed by atoms with E-state index < -0.39 is 29.7 Å². The highest BCUT2D eigenvalue weighted by atomic mass is 19.4. The van der Waals surface area contributed by atoms with Gasteiger partial charge in [0.1, 0.15) is 23.3 Å². The van der Waals surface area contributed by atoms with Gasteiger partial charge in [-0.1, -0.05) is 48.5 Å². The van der Waals surface area contributed by atoms with Gasteiger partial charge in [-0.3, -0.25) is 9.59 Å². The summed E-state index contributed by atoms with van der Waals surface area (Å²) in [7, 11) is 0. The lowest BCUT2D eigenvalue weighted by Gasteiger charge is -2.11. The Labute approximate surface area is 220 Å². The molecule has 0 saturated heterocycles. The molecule has 1 aromatic heterocycles. The highest BCUT2D eigenvalue weighted by molar-refractivity contribution is 5.92. The van der Waals surface area contributed by atoms with Gasteiger partial charge in [0.2, 0.25) is 11.2 Å². The summed E-state index contributed by atoms with van der Waals surface area (Å²) in [5, 5.41) is 2.60. The molecule has 1 heterocycles. The molecule has 9 heteroatoms. The van der Waals surface area contributed by atoms with Crippen LogP contribution >= 0.6 is 0 Å². The Morgan fingerprint density at radius 1 is 0.821 bits per heavy atom. The number of hydrogen-bond donors (Lipinski definition) is 1. The van der Waals surface area contributed by atoms with Crippen LogP contribution in [0.4, 0.5) is 18.9 Å². The highest BCUT2D eigenvalue weighted by Crippen LogP contribution is 2.31. The molecule has 0 saturated carbocycles. The van der Waals surface area contributed by atoms with E-state index in [1.165, 1.54) is 36.6 Å². The van der Waals surface area contributed by atoms with Gasteiger partial charge in [-0.15, -0.1) is 0 Å². The van der Waals surface area contributed by atoms with E-state index in [-0.39, 0.29) is 28.2 Å². The predicted octanol–water partition coefficient (Wildman–Crippen LogP) is 7.29. The molecule has 0 unspecified atom stereocenters. The molecule has 0 fully saturated rings. The molecule has 0 aliphatic carbocycles. The van der Waals surface area contributed by atoms with Crippen LogP contribution in [0.3, 0.4) is 0 Å². The van der Waals surface area contributed by atoms with Gasteiger partial charge in [0.05, 0.1) is 10.9 Å². The Bertz CT molecular complexity index is 1680. The molecule has 39 heavy (non-hydrogen) atoms. The Hall–Kier alpha value is -5.05. The number of ether oxygens (including phenoxy) is 2. The lowest BCUT2D eigenvalue weighted by atomic mass is 10.1. The number of rotatable bonds is 7. The van der Waals surface area contributed by atoms with Crippen LogP contribution in [-0.4, -0.2) is 12.5 Å². The van der Waals surface area contributed by atoms with Crippen LogP contribution in [-0.2, 0) is 11.0 Å². The number of nitrogens with one attached hydrogen (secondary N) is 1. The first kappa shape index (κ1) is 25.6. The lowest BCUT2D eigenvalue weighted by Crippen LogP contribution is -2.20. The van der Waals surface area contributed by atoms with Gasteiger partial charge < -0.3 is 19.2 Å². The van der Waals surface area contributed by atoms with E-state index >= 15 is 0 Å². The van der Waals surface area contributed by atoms with Gasteiger partial charge >= 0.3 is 6.18 Å². The number of amides is 1. The fraction of sp³-hybridized carbons (Fsp3) is 0.0667. The summed E-state index contributed by atoms with van der Waals surface area (Å²) in [6.45, 7) is -0.466. The molecular weight excluding hydrogens is 511 g/mol. The van der Waals surface area contributed by atoms with Crippen molar-refractivity contribution in [1.82, 2.24) is 0 Å². The summed E-state index contributed by atoms with van der Waals surface area (Å²) in [5.41, 5.74) is 0.994. The SMILES string of the molecule is O=C(COc1ccc2c(=O)c(Oc3ccc(-c4ccccc4)cc3)coc2c1)Nc1cccc(C(F)(F)F)c1. The molecule has 196 valence electrons. The fourth-order valence-corrected chi connectivity index (χ4v) is 3.84. The molecule has 5 aromatic rings. The van der Waals surface area contributed by atoms with Crippen molar-refractivity contribution in [3.63, 3.8) is 0 Å². The second-order valence-electron chi connectivity index (χ2n) is 8.49. The fourth-order valence-electron chi connectivity index (χ4n) is 3.84. The first-order valence-corrected chi connectivity index (χ1v) is 11.7. The quantitative estimate of drug-likeness (QED) is 0.239.